The molecular weight excluding hydrogens is 249 g/mol. The number of fused-ring (bicyclic) bond motifs is 1. The Morgan fingerprint density at radius 3 is 2.58 bits per heavy atom. The SMILES string of the molecule is Cc1cccc(-c2c([O][Al])ccc3ccccc23)n1. The van der Waals surface area contributed by atoms with Crippen LogP contribution in [0.15, 0.2) is 54.6 Å². The molecule has 3 rings (SSSR count). The van der Waals surface area contributed by atoms with Crippen LogP contribution < -0.4 is 3.79 Å². The number of hydrogen-bond acceptors (Lipinski definition) is 2. The molecule has 2 aromatic carbocycles. The smallest absolute Gasteiger partial charge is 0.482 e. The topological polar surface area (TPSA) is 22.1 Å². The lowest BCUT2D eigenvalue weighted by Crippen LogP contribution is -1.93. The summed E-state index contributed by atoms with van der Waals surface area (Å²) < 4.78 is 5.42. The van der Waals surface area contributed by atoms with Crippen LogP contribution in [0.3, 0.4) is 0 Å². The molecule has 0 bridgehead atoms. The summed E-state index contributed by atoms with van der Waals surface area (Å²) in [5.41, 5.74) is 2.98. The van der Waals surface area contributed by atoms with Gasteiger partial charge in [-0.05, 0) is 35.9 Å². The molecule has 0 N–H and O–H groups in total. The molecule has 0 aliphatic rings. The van der Waals surface area contributed by atoms with Crippen LogP contribution in [0.4, 0.5) is 0 Å². The van der Waals surface area contributed by atoms with Gasteiger partial charge in [0, 0.05) is 11.3 Å². The quantitative estimate of drug-likeness (QED) is 0.657. The number of hydrogen-bond donors (Lipinski definition) is 0. The molecule has 0 spiro atoms. The Bertz CT molecular complexity index is 740. The Hall–Kier alpha value is -1.82. The highest BCUT2D eigenvalue weighted by molar-refractivity contribution is 6.04. The summed E-state index contributed by atoms with van der Waals surface area (Å²) in [6.45, 7) is 2.00. The van der Waals surface area contributed by atoms with E-state index in [-0.39, 0.29) is 0 Å². The number of aryl methyl sites for hydroxylation is 1. The van der Waals surface area contributed by atoms with Gasteiger partial charge in [-0.2, -0.15) is 0 Å². The zero-order valence-electron chi connectivity index (χ0n) is 10.6. The van der Waals surface area contributed by atoms with Crippen molar-refractivity contribution >= 4 is 27.4 Å². The zero-order chi connectivity index (χ0) is 13.2. The lowest BCUT2D eigenvalue weighted by Gasteiger charge is -2.13. The number of benzene rings is 2. The normalized spacial score (nSPS) is 10.6. The zero-order valence-corrected chi connectivity index (χ0v) is 11.8. The minimum absolute atomic E-state index is 0.821. The summed E-state index contributed by atoms with van der Waals surface area (Å²) in [5, 5.41) is 2.34. The Balaban J connectivity index is 2.37. The van der Waals surface area contributed by atoms with Crippen molar-refractivity contribution in [3.63, 3.8) is 0 Å². The Morgan fingerprint density at radius 2 is 1.79 bits per heavy atom. The number of aromatic nitrogens is 1. The van der Waals surface area contributed by atoms with Gasteiger partial charge >= 0.3 is 16.6 Å². The number of pyridine rings is 1. The average Bonchev–Trinajstić information content (AvgIpc) is 2.46. The van der Waals surface area contributed by atoms with E-state index in [2.05, 4.69) is 39.8 Å². The maximum absolute atomic E-state index is 5.42. The summed E-state index contributed by atoms with van der Waals surface area (Å²) in [6.07, 6.45) is 0. The minimum atomic E-state index is 0.821. The highest BCUT2D eigenvalue weighted by Gasteiger charge is 2.10. The second-order valence-corrected chi connectivity index (χ2v) is 4.68. The van der Waals surface area contributed by atoms with Crippen molar-refractivity contribution in [3.05, 3.63) is 60.3 Å². The lowest BCUT2D eigenvalue weighted by atomic mass is 10.0. The summed E-state index contributed by atoms with van der Waals surface area (Å²) in [6, 6.07) is 18.3. The molecule has 0 aliphatic heterocycles. The maximum atomic E-state index is 5.42. The molecule has 3 heteroatoms. The molecule has 2 radical (unpaired) electrons. The Labute approximate surface area is 120 Å². The molecule has 90 valence electrons. The van der Waals surface area contributed by atoms with E-state index in [0.717, 1.165) is 28.1 Å². The van der Waals surface area contributed by atoms with Crippen LogP contribution in [0.5, 0.6) is 5.75 Å². The summed E-state index contributed by atoms with van der Waals surface area (Å²) in [7, 11) is 0. The average molecular weight is 261 g/mol. The fourth-order valence-electron chi connectivity index (χ4n) is 2.30. The van der Waals surface area contributed by atoms with E-state index < -0.39 is 0 Å². The monoisotopic (exact) mass is 261 g/mol. The molecule has 3 aromatic rings. The van der Waals surface area contributed by atoms with Crippen molar-refractivity contribution in [1.29, 1.82) is 0 Å². The van der Waals surface area contributed by atoms with E-state index in [1.165, 1.54) is 5.39 Å². The van der Waals surface area contributed by atoms with Crippen LogP contribution >= 0.6 is 0 Å². The van der Waals surface area contributed by atoms with Gasteiger partial charge in [-0.1, -0.05) is 36.4 Å². The molecule has 0 atom stereocenters. The fourth-order valence-corrected chi connectivity index (χ4v) is 2.49. The van der Waals surface area contributed by atoms with E-state index in [0.29, 0.717) is 0 Å². The first-order chi connectivity index (χ1) is 9.29. The third-order valence-electron chi connectivity index (χ3n) is 3.16. The molecule has 0 saturated heterocycles. The van der Waals surface area contributed by atoms with Crippen LogP contribution in [0.2, 0.25) is 0 Å². The predicted octanol–water partition coefficient (Wildman–Crippen LogP) is 3.67. The second-order valence-electron chi connectivity index (χ2n) is 4.44. The van der Waals surface area contributed by atoms with Crippen molar-refractivity contribution in [2.24, 2.45) is 0 Å². The Kier molecular flexibility index (Phi) is 3.25. The van der Waals surface area contributed by atoms with Crippen molar-refractivity contribution in [3.8, 4) is 17.0 Å². The molecular formula is C16H12AlNO. The minimum Gasteiger partial charge on any atom is -0.653 e. The van der Waals surface area contributed by atoms with E-state index in [1.54, 1.807) is 0 Å². The van der Waals surface area contributed by atoms with E-state index >= 15 is 0 Å². The van der Waals surface area contributed by atoms with Gasteiger partial charge in [-0.25, -0.2) is 0 Å². The largest absolute Gasteiger partial charge is 0.653 e. The highest BCUT2D eigenvalue weighted by atomic mass is 27.1. The van der Waals surface area contributed by atoms with E-state index in [4.69, 9.17) is 3.79 Å². The molecule has 1 aromatic heterocycles. The first-order valence-corrected chi connectivity index (χ1v) is 6.59. The maximum Gasteiger partial charge on any atom is 0.482 e. The Morgan fingerprint density at radius 1 is 0.947 bits per heavy atom. The molecule has 0 amide bonds. The van der Waals surface area contributed by atoms with Gasteiger partial charge in [-0.15, -0.1) is 0 Å². The lowest BCUT2D eigenvalue weighted by molar-refractivity contribution is 0.619. The molecule has 0 unspecified atom stereocenters. The van der Waals surface area contributed by atoms with E-state index in [1.807, 2.05) is 43.3 Å². The summed E-state index contributed by atoms with van der Waals surface area (Å²) in [4.78, 5) is 4.61. The van der Waals surface area contributed by atoms with Gasteiger partial charge in [-0.3, -0.25) is 4.98 Å². The van der Waals surface area contributed by atoms with Gasteiger partial charge in [0.15, 0.2) is 0 Å². The molecule has 2 nitrogen and oxygen atoms in total. The molecule has 0 saturated carbocycles. The van der Waals surface area contributed by atoms with Gasteiger partial charge < -0.3 is 3.79 Å². The second kappa shape index (κ2) is 5.05. The third kappa shape index (κ3) is 2.23. The van der Waals surface area contributed by atoms with Gasteiger partial charge in [0.05, 0.1) is 11.4 Å². The fraction of sp³-hybridized carbons (Fsp3) is 0.0625. The van der Waals surface area contributed by atoms with Crippen LogP contribution in [-0.4, -0.2) is 21.6 Å². The molecule has 0 fully saturated rings. The number of nitrogens with zero attached hydrogens (tertiary/aromatic N) is 1. The van der Waals surface area contributed by atoms with E-state index in [9.17, 15) is 0 Å². The first-order valence-electron chi connectivity index (χ1n) is 6.12. The van der Waals surface area contributed by atoms with Crippen LogP contribution in [0, 0.1) is 6.92 Å². The van der Waals surface area contributed by atoms with Crippen LogP contribution in [-0.2, 0) is 0 Å². The van der Waals surface area contributed by atoms with Crippen molar-refractivity contribution in [2.75, 3.05) is 0 Å². The highest BCUT2D eigenvalue weighted by Crippen LogP contribution is 2.35. The summed E-state index contributed by atoms with van der Waals surface area (Å²) >= 11 is 2.31. The van der Waals surface area contributed by atoms with Crippen LogP contribution in [0.25, 0.3) is 22.0 Å². The van der Waals surface area contributed by atoms with Gasteiger partial charge in [0.25, 0.3) is 0 Å². The third-order valence-corrected chi connectivity index (χ3v) is 3.42. The molecule has 0 aliphatic carbocycles. The van der Waals surface area contributed by atoms with Crippen molar-refractivity contribution < 1.29 is 3.79 Å². The first kappa shape index (κ1) is 12.2. The summed E-state index contributed by atoms with van der Waals surface area (Å²) in [5.74, 6) is 0.821. The standard InChI is InChI=1S/C16H13NO.Al/c1-11-5-4-8-14(17-11)16-13-7-3-2-6-12(13)9-10-15(16)18;/h2-10,18H,1H3;/q;+1/p-1. The number of rotatable bonds is 2. The van der Waals surface area contributed by atoms with Crippen LogP contribution in [0.1, 0.15) is 5.69 Å². The van der Waals surface area contributed by atoms with Crippen molar-refractivity contribution in [1.82, 2.24) is 4.98 Å². The molecule has 19 heavy (non-hydrogen) atoms. The van der Waals surface area contributed by atoms with Gasteiger partial charge in [0.1, 0.15) is 0 Å². The predicted molar refractivity (Wildman–Crippen MR) is 78.3 cm³/mol. The van der Waals surface area contributed by atoms with Crippen molar-refractivity contribution in [2.45, 2.75) is 6.92 Å². The van der Waals surface area contributed by atoms with Gasteiger partial charge in [0.2, 0.25) is 0 Å². The molecule has 1 heterocycles.